The zero-order valence-corrected chi connectivity index (χ0v) is 33.8. The average Bonchev–Trinajstić information content (AvgIpc) is 3.94. The van der Waals surface area contributed by atoms with E-state index in [-0.39, 0.29) is 12.1 Å². The molecule has 2 aliphatic heterocycles. The third-order valence-electron chi connectivity index (χ3n) is 19.4. The van der Waals surface area contributed by atoms with Crippen molar-refractivity contribution in [3.63, 3.8) is 0 Å². The Balaban J connectivity index is 1.05. The molecule has 0 radical (unpaired) electrons. The largest absolute Gasteiger partial charge is 0.299 e. The Hall–Kier alpha value is -4.64. The van der Waals surface area contributed by atoms with Crippen LogP contribution in [0, 0.1) is 29.1 Å². The van der Waals surface area contributed by atoms with E-state index in [0.29, 0.717) is 29.1 Å². The van der Waals surface area contributed by atoms with Crippen LogP contribution in [0.3, 0.4) is 0 Å². The van der Waals surface area contributed by atoms with E-state index in [0.717, 1.165) is 23.7 Å². The number of nitrogens with zero attached hydrogens (tertiary/aromatic N) is 4. The minimum atomic E-state index is 0.0782. The number of aromatic nitrogens is 4. The normalized spacial score (nSPS) is 32.4. The van der Waals surface area contributed by atoms with Crippen LogP contribution in [0.1, 0.15) is 136 Å². The van der Waals surface area contributed by atoms with E-state index in [9.17, 15) is 0 Å². The molecule has 282 valence electrons. The first-order valence-electron chi connectivity index (χ1n) is 23.2. The summed E-state index contributed by atoms with van der Waals surface area (Å²) in [6.45, 7) is 7.21. The first kappa shape index (κ1) is 30.4. The average molecular weight is 751 g/mol. The summed E-state index contributed by atoms with van der Waals surface area (Å²) in [6.07, 6.45) is 18.6. The molecule has 7 unspecified atom stereocenters. The molecule has 1 spiro atoms. The molecule has 10 aliphatic rings. The van der Waals surface area contributed by atoms with Gasteiger partial charge in [-0.15, -0.1) is 0 Å². The molecule has 2 aromatic heterocycles. The van der Waals surface area contributed by atoms with Crippen molar-refractivity contribution in [3.8, 4) is 11.4 Å². The summed E-state index contributed by atoms with van der Waals surface area (Å²) < 4.78 is 5.20. The van der Waals surface area contributed by atoms with E-state index in [2.05, 4.69) is 91.1 Å². The fourth-order valence-electron chi connectivity index (χ4n) is 17.5. The van der Waals surface area contributed by atoms with Crippen LogP contribution in [-0.4, -0.2) is 25.8 Å². The zero-order chi connectivity index (χ0) is 37.5. The maximum atomic E-state index is 5.62. The predicted molar refractivity (Wildman–Crippen MR) is 236 cm³/mol. The molecule has 58 heavy (non-hydrogen) atoms. The molecule has 5 saturated carbocycles. The molecule has 4 nitrogen and oxygen atoms in total. The highest BCUT2D eigenvalue weighted by Gasteiger charge is 2.66. The highest BCUT2D eigenvalue weighted by atomic mass is 15.1. The summed E-state index contributed by atoms with van der Waals surface area (Å²) in [5.74, 6) is 6.37. The van der Waals surface area contributed by atoms with Crippen LogP contribution < -0.4 is 16.4 Å². The van der Waals surface area contributed by atoms with Crippen molar-refractivity contribution in [2.45, 2.75) is 114 Å². The minimum Gasteiger partial charge on any atom is -0.299 e. The molecule has 0 saturated heterocycles. The number of hydrogen-bond donors (Lipinski definition) is 0. The predicted octanol–water partition coefficient (Wildman–Crippen LogP) is 10.5. The molecule has 7 atom stereocenters. The highest BCUT2D eigenvalue weighted by molar-refractivity contribution is 7.00. The lowest BCUT2D eigenvalue weighted by Crippen LogP contribution is -2.60. The third kappa shape index (κ3) is 3.15. The summed E-state index contributed by atoms with van der Waals surface area (Å²) >= 11 is 0. The number of hydrogen-bond acceptors (Lipinski definition) is 2. The van der Waals surface area contributed by atoms with Gasteiger partial charge in [0, 0.05) is 16.2 Å². The van der Waals surface area contributed by atoms with Crippen LogP contribution in [0.15, 0.2) is 61.2 Å². The molecule has 5 heteroatoms. The summed E-state index contributed by atoms with van der Waals surface area (Å²) in [7, 11) is 0. The zero-order valence-electron chi connectivity index (χ0n) is 33.8. The quantitative estimate of drug-likeness (QED) is 0.114. The smallest absolute Gasteiger partial charge is 0.252 e. The first-order valence-corrected chi connectivity index (χ1v) is 23.2. The molecule has 0 N–H and O–H groups in total. The van der Waals surface area contributed by atoms with Crippen molar-refractivity contribution in [1.29, 1.82) is 0 Å². The topological polar surface area (TPSA) is 35.6 Å². The monoisotopic (exact) mass is 750 g/mol. The Kier molecular flexibility index (Phi) is 4.84. The van der Waals surface area contributed by atoms with E-state index < -0.39 is 0 Å². The van der Waals surface area contributed by atoms with Gasteiger partial charge < -0.3 is 0 Å². The van der Waals surface area contributed by atoms with Gasteiger partial charge in [0.1, 0.15) is 12.7 Å². The van der Waals surface area contributed by atoms with Gasteiger partial charge in [0.15, 0.2) is 0 Å². The molecule has 0 amide bonds. The van der Waals surface area contributed by atoms with E-state index in [1.807, 2.05) is 0 Å². The fraction of sp³-hybridized carbons (Fsp3) is 0.434. The van der Waals surface area contributed by atoms with Gasteiger partial charge >= 0.3 is 0 Å². The van der Waals surface area contributed by atoms with Crippen LogP contribution in [-0.2, 0) is 5.41 Å². The van der Waals surface area contributed by atoms with Gasteiger partial charge in [-0.1, -0.05) is 69.3 Å². The van der Waals surface area contributed by atoms with Crippen molar-refractivity contribution in [1.82, 2.24) is 19.1 Å². The molecule has 5 fully saturated rings. The molecule has 8 aromatic rings. The van der Waals surface area contributed by atoms with Crippen LogP contribution in [0.25, 0.3) is 65.8 Å². The molecular formula is C53H47BN4. The Labute approximate surface area is 338 Å². The molecule has 7 bridgehead atoms. The number of benzene rings is 6. The second kappa shape index (κ2) is 9.23. The SMILES string of the molecule is CC(C)(C)c1cc2ccc3c4c5c(c6ccc(c1)c2c36)-n1cnc2c3c(cc(c21)B5c1cc2c(c5ncn-4c15)C1CC4CC(CC2C4)C1)C1CC2CC4CC3CC24C1. The molecule has 8 aliphatic carbocycles. The summed E-state index contributed by atoms with van der Waals surface area (Å²) in [5.41, 5.74) is 21.6. The van der Waals surface area contributed by atoms with Gasteiger partial charge in [-0.3, -0.25) is 9.13 Å². The lowest BCUT2D eigenvalue weighted by atomic mass is 9.33. The summed E-state index contributed by atoms with van der Waals surface area (Å²) in [6, 6.07) is 20.4. The van der Waals surface area contributed by atoms with Gasteiger partial charge in [0.05, 0.1) is 33.4 Å². The van der Waals surface area contributed by atoms with Crippen LogP contribution in [0.5, 0.6) is 0 Å². The second-order valence-electron chi connectivity index (χ2n) is 22.7. The van der Waals surface area contributed by atoms with Crippen molar-refractivity contribution in [2.75, 3.05) is 0 Å². The third-order valence-corrected chi connectivity index (χ3v) is 19.4. The van der Waals surface area contributed by atoms with Crippen LogP contribution in [0.2, 0.25) is 0 Å². The van der Waals surface area contributed by atoms with E-state index >= 15 is 0 Å². The summed E-state index contributed by atoms with van der Waals surface area (Å²) in [4.78, 5) is 11.2. The number of fused-ring (bicyclic) bond motifs is 12. The second-order valence-corrected chi connectivity index (χ2v) is 22.7. The maximum Gasteiger partial charge on any atom is 0.252 e. The summed E-state index contributed by atoms with van der Waals surface area (Å²) in [5, 5.41) is 8.29. The van der Waals surface area contributed by atoms with Crippen molar-refractivity contribution >= 4 is 77.5 Å². The van der Waals surface area contributed by atoms with Crippen molar-refractivity contribution in [3.05, 3.63) is 89.0 Å². The fourth-order valence-corrected chi connectivity index (χ4v) is 17.5. The maximum absolute atomic E-state index is 5.62. The number of rotatable bonds is 0. The van der Waals surface area contributed by atoms with E-state index in [4.69, 9.17) is 9.97 Å². The van der Waals surface area contributed by atoms with Gasteiger partial charge in [0.25, 0.3) is 6.71 Å². The van der Waals surface area contributed by atoms with Gasteiger partial charge in [-0.05, 0) is 183 Å². The van der Waals surface area contributed by atoms with Gasteiger partial charge in [0.2, 0.25) is 0 Å². The van der Waals surface area contributed by atoms with Crippen molar-refractivity contribution in [2.24, 2.45) is 29.1 Å². The van der Waals surface area contributed by atoms with E-state index in [1.54, 1.807) is 22.3 Å². The van der Waals surface area contributed by atoms with Crippen molar-refractivity contribution < 1.29 is 0 Å². The van der Waals surface area contributed by atoms with Gasteiger partial charge in [-0.2, -0.15) is 0 Å². The van der Waals surface area contributed by atoms with Crippen LogP contribution >= 0.6 is 0 Å². The Morgan fingerprint density at radius 3 is 1.81 bits per heavy atom. The minimum absolute atomic E-state index is 0.0782. The molecule has 18 rings (SSSR count). The highest BCUT2D eigenvalue weighted by Crippen LogP contribution is 2.76. The Morgan fingerprint density at radius 1 is 0.603 bits per heavy atom. The lowest BCUT2D eigenvalue weighted by molar-refractivity contribution is 0.00322. The molecule has 4 heterocycles. The van der Waals surface area contributed by atoms with Crippen LogP contribution in [0.4, 0.5) is 0 Å². The van der Waals surface area contributed by atoms with E-state index in [1.165, 1.54) is 152 Å². The molecular weight excluding hydrogens is 703 g/mol. The first-order chi connectivity index (χ1) is 28.3. The Bertz CT molecular complexity index is 3290. The molecule has 6 aromatic carbocycles. The Morgan fingerprint density at radius 2 is 1.17 bits per heavy atom. The van der Waals surface area contributed by atoms with Gasteiger partial charge in [-0.25, -0.2) is 9.97 Å². The standard InChI is InChI=1S/C53H47BN4/c1-52(2,3)32-13-26-4-6-35-44-36(7-5-27(14-32)41(26)44)49-45-48(35)57-22-55-46-42-29-11-24-8-25(12-29)10-28(9-24)37(42)18-39(50(46)57)54(45)40-19-38-30-15-33-17-34-16-31(21-53(33,34)20-30)43(38)47-51(40)58(49)23-56-47/h4-7,13-14,18-19,22-25,28-31,33-34H,8-12,15-17,20-21H2,1-3H3. The lowest BCUT2D eigenvalue weighted by Gasteiger charge is -2.48. The number of imidazole rings is 2.